The Morgan fingerprint density at radius 1 is 1.00 bits per heavy atom. The van der Waals surface area contributed by atoms with Crippen molar-refractivity contribution in [2.75, 3.05) is 0 Å². The molecule has 2 fully saturated rings. The molecule has 5 heteroatoms. The molecular weight excluding hydrogens is 234 g/mol. The van der Waals surface area contributed by atoms with Crippen molar-refractivity contribution >= 4 is 11.9 Å². The summed E-state index contributed by atoms with van der Waals surface area (Å²) in [7, 11) is 0. The molecule has 1 aromatic heterocycles. The topological polar surface area (TPSA) is 65.5 Å². The molecule has 2 aliphatic carbocycles. The Kier molecular flexibility index (Phi) is 2.74. The van der Waals surface area contributed by atoms with E-state index in [0.29, 0.717) is 5.75 Å². The van der Waals surface area contributed by atoms with Crippen molar-refractivity contribution in [2.45, 2.75) is 25.7 Å². The molecule has 0 aliphatic heterocycles. The van der Waals surface area contributed by atoms with Gasteiger partial charge in [0.05, 0.1) is 18.0 Å². The highest BCUT2D eigenvalue weighted by Crippen LogP contribution is 2.32. The molecule has 0 amide bonds. The van der Waals surface area contributed by atoms with Crippen molar-refractivity contribution in [3.63, 3.8) is 0 Å². The first-order valence-corrected chi connectivity index (χ1v) is 6.12. The number of rotatable bonds is 4. The van der Waals surface area contributed by atoms with Gasteiger partial charge in [-0.1, -0.05) is 0 Å². The molecule has 5 nitrogen and oxygen atoms in total. The number of aromatic nitrogens is 1. The van der Waals surface area contributed by atoms with Crippen LogP contribution in [-0.2, 0) is 9.59 Å². The fourth-order valence-electron chi connectivity index (χ4n) is 1.51. The van der Waals surface area contributed by atoms with Crippen LogP contribution in [0.4, 0.5) is 0 Å². The van der Waals surface area contributed by atoms with Crippen LogP contribution in [0.3, 0.4) is 0 Å². The molecule has 94 valence electrons. The lowest BCUT2D eigenvalue weighted by atomic mass is 10.4. The van der Waals surface area contributed by atoms with E-state index in [2.05, 4.69) is 4.98 Å². The lowest BCUT2D eigenvalue weighted by Gasteiger charge is -2.04. The van der Waals surface area contributed by atoms with E-state index in [-0.39, 0.29) is 29.7 Å². The van der Waals surface area contributed by atoms with Crippen LogP contribution >= 0.6 is 0 Å². The number of hydrogen-bond donors (Lipinski definition) is 0. The number of ether oxygens (including phenoxy) is 2. The third-order valence-corrected chi connectivity index (χ3v) is 2.95. The minimum absolute atomic E-state index is 0.0409. The molecule has 2 saturated carbocycles. The molecule has 0 N–H and O–H groups in total. The molecule has 0 atom stereocenters. The van der Waals surface area contributed by atoms with E-state index < -0.39 is 0 Å². The van der Waals surface area contributed by atoms with Crippen molar-refractivity contribution in [1.82, 2.24) is 4.98 Å². The SMILES string of the molecule is O=C(Oc1ccc(OC(=O)C2CC2)nc1)C1CC1. The van der Waals surface area contributed by atoms with Crippen LogP contribution in [0.2, 0.25) is 0 Å². The van der Waals surface area contributed by atoms with Crippen LogP contribution in [0.15, 0.2) is 18.3 Å². The number of hydrogen-bond acceptors (Lipinski definition) is 5. The first-order chi connectivity index (χ1) is 8.72. The van der Waals surface area contributed by atoms with Gasteiger partial charge in [-0.15, -0.1) is 0 Å². The highest BCUT2D eigenvalue weighted by Gasteiger charge is 2.32. The van der Waals surface area contributed by atoms with Crippen molar-refractivity contribution in [3.8, 4) is 11.6 Å². The molecule has 0 unspecified atom stereocenters. The zero-order valence-corrected chi connectivity index (χ0v) is 9.80. The van der Waals surface area contributed by atoms with Gasteiger partial charge < -0.3 is 9.47 Å². The van der Waals surface area contributed by atoms with Gasteiger partial charge in [0.25, 0.3) is 0 Å². The van der Waals surface area contributed by atoms with E-state index in [4.69, 9.17) is 9.47 Å². The van der Waals surface area contributed by atoms with Crippen LogP contribution in [0.5, 0.6) is 11.6 Å². The van der Waals surface area contributed by atoms with Crippen molar-refractivity contribution in [3.05, 3.63) is 18.3 Å². The first kappa shape index (κ1) is 11.2. The minimum Gasteiger partial charge on any atom is -0.425 e. The Balaban J connectivity index is 1.57. The summed E-state index contributed by atoms with van der Waals surface area (Å²) in [6, 6.07) is 3.12. The van der Waals surface area contributed by atoms with Gasteiger partial charge >= 0.3 is 11.9 Å². The fourth-order valence-corrected chi connectivity index (χ4v) is 1.51. The zero-order chi connectivity index (χ0) is 12.5. The molecule has 1 heterocycles. The Labute approximate surface area is 104 Å². The van der Waals surface area contributed by atoms with E-state index >= 15 is 0 Å². The second-order valence-corrected chi connectivity index (χ2v) is 4.72. The first-order valence-electron chi connectivity index (χ1n) is 6.12. The van der Waals surface area contributed by atoms with Gasteiger partial charge in [-0.05, 0) is 31.7 Å². The average Bonchev–Trinajstić information content (AvgIpc) is 3.22. The molecule has 0 radical (unpaired) electrons. The number of esters is 2. The van der Waals surface area contributed by atoms with Crippen molar-refractivity contribution in [1.29, 1.82) is 0 Å². The second kappa shape index (κ2) is 4.40. The molecule has 18 heavy (non-hydrogen) atoms. The third-order valence-electron chi connectivity index (χ3n) is 2.95. The maximum absolute atomic E-state index is 11.4. The largest absolute Gasteiger partial charge is 0.425 e. The quantitative estimate of drug-likeness (QED) is 0.758. The van der Waals surface area contributed by atoms with E-state index in [0.717, 1.165) is 25.7 Å². The predicted octanol–water partition coefficient (Wildman–Crippen LogP) is 1.71. The molecule has 3 rings (SSSR count). The lowest BCUT2D eigenvalue weighted by Crippen LogP contribution is -2.12. The molecule has 0 aromatic carbocycles. The number of nitrogens with zero attached hydrogens (tertiary/aromatic N) is 1. The molecular formula is C13H13NO4. The Hall–Kier alpha value is -1.91. The van der Waals surface area contributed by atoms with Crippen LogP contribution in [0.1, 0.15) is 25.7 Å². The minimum atomic E-state index is -0.231. The fraction of sp³-hybridized carbons (Fsp3) is 0.462. The van der Waals surface area contributed by atoms with E-state index in [1.54, 1.807) is 6.07 Å². The molecule has 0 spiro atoms. The summed E-state index contributed by atoms with van der Waals surface area (Å²) >= 11 is 0. The van der Waals surface area contributed by atoms with E-state index in [1.807, 2.05) is 0 Å². The summed E-state index contributed by atoms with van der Waals surface area (Å²) < 4.78 is 10.2. The number of carbonyl (C=O) groups excluding carboxylic acids is 2. The summed E-state index contributed by atoms with van der Waals surface area (Å²) in [5, 5.41) is 0. The smallest absolute Gasteiger partial charge is 0.315 e. The summed E-state index contributed by atoms with van der Waals surface area (Å²) in [6.45, 7) is 0. The van der Waals surface area contributed by atoms with Crippen molar-refractivity contribution in [2.24, 2.45) is 11.8 Å². The Bertz CT molecular complexity index is 429. The summed E-state index contributed by atoms with van der Waals surface area (Å²) in [5.74, 6) is 0.289. The highest BCUT2D eigenvalue weighted by molar-refractivity contribution is 5.78. The van der Waals surface area contributed by atoms with Gasteiger partial charge in [0.2, 0.25) is 5.88 Å². The third kappa shape index (κ3) is 2.67. The Morgan fingerprint density at radius 3 is 2.11 bits per heavy atom. The normalized spacial score (nSPS) is 18.2. The standard InChI is InChI=1S/C13H13NO4/c15-12(8-1-2-8)17-10-5-6-11(14-7-10)18-13(16)9-3-4-9/h5-9H,1-4H2. The van der Waals surface area contributed by atoms with E-state index in [9.17, 15) is 9.59 Å². The molecule has 2 aliphatic rings. The second-order valence-electron chi connectivity index (χ2n) is 4.72. The van der Waals surface area contributed by atoms with E-state index in [1.165, 1.54) is 12.3 Å². The lowest BCUT2D eigenvalue weighted by molar-refractivity contribution is -0.137. The summed E-state index contributed by atoms with van der Waals surface area (Å²) in [5.41, 5.74) is 0. The highest BCUT2D eigenvalue weighted by atomic mass is 16.5. The van der Waals surface area contributed by atoms with Crippen LogP contribution in [-0.4, -0.2) is 16.9 Å². The zero-order valence-electron chi connectivity index (χ0n) is 9.80. The van der Waals surface area contributed by atoms with Crippen molar-refractivity contribution < 1.29 is 19.1 Å². The van der Waals surface area contributed by atoms with Gasteiger partial charge in [-0.3, -0.25) is 9.59 Å². The van der Waals surface area contributed by atoms with Crippen LogP contribution < -0.4 is 9.47 Å². The predicted molar refractivity (Wildman–Crippen MR) is 61.0 cm³/mol. The molecule has 0 saturated heterocycles. The van der Waals surface area contributed by atoms with Gasteiger partial charge in [0.15, 0.2) is 0 Å². The maximum Gasteiger partial charge on any atom is 0.315 e. The molecule has 0 bridgehead atoms. The van der Waals surface area contributed by atoms with Crippen LogP contribution in [0.25, 0.3) is 0 Å². The summed E-state index contributed by atoms with van der Waals surface area (Å²) in [4.78, 5) is 26.7. The van der Waals surface area contributed by atoms with Gasteiger partial charge in [0, 0.05) is 6.07 Å². The average molecular weight is 247 g/mol. The number of pyridine rings is 1. The molecule has 1 aromatic rings. The van der Waals surface area contributed by atoms with Gasteiger partial charge in [0.1, 0.15) is 5.75 Å². The van der Waals surface area contributed by atoms with Gasteiger partial charge in [-0.25, -0.2) is 4.98 Å². The van der Waals surface area contributed by atoms with Crippen LogP contribution in [0, 0.1) is 11.8 Å². The number of carbonyl (C=O) groups is 2. The maximum atomic E-state index is 11.4. The summed E-state index contributed by atoms with van der Waals surface area (Å²) in [6.07, 6.45) is 5.01. The van der Waals surface area contributed by atoms with Gasteiger partial charge in [-0.2, -0.15) is 0 Å². The monoisotopic (exact) mass is 247 g/mol. The Morgan fingerprint density at radius 2 is 1.61 bits per heavy atom.